The van der Waals surface area contributed by atoms with Crippen LogP contribution in [0.3, 0.4) is 0 Å². The molecule has 2 N–H and O–H groups in total. The zero-order chi connectivity index (χ0) is 13.1. The second kappa shape index (κ2) is 4.82. The molecule has 2 heterocycles. The Morgan fingerprint density at radius 2 is 2.22 bits per heavy atom. The van der Waals surface area contributed by atoms with Gasteiger partial charge in [0, 0.05) is 20.3 Å². The third-order valence-corrected chi connectivity index (χ3v) is 2.33. The molecule has 0 aliphatic rings. The van der Waals surface area contributed by atoms with Gasteiger partial charge in [-0.15, -0.1) is 5.10 Å². The van der Waals surface area contributed by atoms with Gasteiger partial charge in [0.1, 0.15) is 5.82 Å². The third-order valence-electron chi connectivity index (χ3n) is 2.33. The van der Waals surface area contributed by atoms with Crippen LogP contribution in [0.1, 0.15) is 16.4 Å². The molecule has 2 aromatic heterocycles. The normalized spacial score (nSPS) is 10.2. The molecule has 0 aromatic carbocycles. The minimum atomic E-state index is -0.365. The molecule has 0 aliphatic heterocycles. The van der Waals surface area contributed by atoms with Crippen LogP contribution in [0.15, 0.2) is 18.5 Å². The second-order valence-electron chi connectivity index (χ2n) is 3.99. The van der Waals surface area contributed by atoms with Gasteiger partial charge in [-0.1, -0.05) is 0 Å². The lowest BCUT2D eigenvalue weighted by Crippen LogP contribution is -2.18. The second-order valence-corrected chi connectivity index (χ2v) is 3.99. The van der Waals surface area contributed by atoms with E-state index in [1.807, 2.05) is 25.1 Å². The van der Waals surface area contributed by atoms with Crippen LogP contribution < -0.4 is 10.2 Å². The van der Waals surface area contributed by atoms with Crippen LogP contribution in [0.4, 0.5) is 11.4 Å². The maximum atomic E-state index is 11.9. The van der Waals surface area contributed by atoms with E-state index in [1.54, 1.807) is 19.3 Å². The lowest BCUT2D eigenvalue weighted by atomic mass is 10.3. The van der Waals surface area contributed by atoms with Gasteiger partial charge in [0.15, 0.2) is 0 Å². The van der Waals surface area contributed by atoms with E-state index in [4.69, 9.17) is 0 Å². The van der Waals surface area contributed by atoms with Crippen molar-refractivity contribution in [1.29, 1.82) is 0 Å². The average molecular weight is 246 g/mol. The number of hydrogen-bond donors (Lipinski definition) is 2. The molecule has 0 saturated carbocycles. The lowest BCUT2D eigenvalue weighted by molar-refractivity contribution is 0.101. The molecule has 18 heavy (non-hydrogen) atoms. The first-order valence-electron chi connectivity index (χ1n) is 5.39. The highest BCUT2D eigenvalue weighted by Gasteiger charge is 2.14. The van der Waals surface area contributed by atoms with Crippen molar-refractivity contribution in [2.45, 2.75) is 6.92 Å². The van der Waals surface area contributed by atoms with E-state index in [1.165, 1.54) is 0 Å². The largest absolute Gasteiger partial charge is 0.376 e. The van der Waals surface area contributed by atoms with Crippen molar-refractivity contribution in [2.24, 2.45) is 0 Å². The van der Waals surface area contributed by atoms with Crippen molar-refractivity contribution in [2.75, 3.05) is 24.3 Å². The van der Waals surface area contributed by atoms with E-state index in [0.29, 0.717) is 11.5 Å². The zero-order valence-corrected chi connectivity index (χ0v) is 10.4. The van der Waals surface area contributed by atoms with Crippen LogP contribution in [0.5, 0.6) is 0 Å². The van der Waals surface area contributed by atoms with E-state index in [-0.39, 0.29) is 11.7 Å². The monoisotopic (exact) mass is 246 g/mol. The molecule has 0 atom stereocenters. The molecule has 1 amide bonds. The third kappa shape index (κ3) is 2.45. The van der Waals surface area contributed by atoms with E-state index >= 15 is 0 Å². The smallest absolute Gasteiger partial charge is 0.295 e. The highest BCUT2D eigenvalue weighted by Crippen LogP contribution is 2.22. The van der Waals surface area contributed by atoms with E-state index < -0.39 is 0 Å². The Balaban J connectivity index is 2.22. The van der Waals surface area contributed by atoms with Gasteiger partial charge < -0.3 is 10.2 Å². The maximum absolute atomic E-state index is 11.9. The Bertz CT molecular complexity index is 562. The Hall–Kier alpha value is -2.44. The summed E-state index contributed by atoms with van der Waals surface area (Å²) < 4.78 is 0. The summed E-state index contributed by atoms with van der Waals surface area (Å²) in [5.74, 6) is 0.343. The van der Waals surface area contributed by atoms with Crippen molar-refractivity contribution in [3.05, 3.63) is 30.1 Å². The number of hydrogen-bond acceptors (Lipinski definition) is 5. The van der Waals surface area contributed by atoms with E-state index in [0.717, 1.165) is 5.69 Å². The molecule has 0 saturated heterocycles. The highest BCUT2D eigenvalue weighted by molar-refractivity contribution is 6.03. The number of aromatic amines is 1. The van der Waals surface area contributed by atoms with E-state index in [2.05, 4.69) is 25.5 Å². The number of rotatable bonds is 3. The Kier molecular flexibility index (Phi) is 3.22. The van der Waals surface area contributed by atoms with Crippen molar-refractivity contribution in [3.8, 4) is 0 Å². The first-order chi connectivity index (χ1) is 8.58. The maximum Gasteiger partial charge on any atom is 0.295 e. The van der Waals surface area contributed by atoms with Gasteiger partial charge in [-0.25, -0.2) is 4.98 Å². The first-order valence-corrected chi connectivity index (χ1v) is 5.39. The summed E-state index contributed by atoms with van der Waals surface area (Å²) in [5.41, 5.74) is 1.49. The van der Waals surface area contributed by atoms with Crippen LogP contribution in [-0.2, 0) is 0 Å². The number of carbonyl (C=O) groups excluding carboxylic acids is 1. The number of carbonyl (C=O) groups is 1. The van der Waals surface area contributed by atoms with Crippen molar-refractivity contribution < 1.29 is 4.79 Å². The highest BCUT2D eigenvalue weighted by atomic mass is 16.2. The van der Waals surface area contributed by atoms with Crippen molar-refractivity contribution in [3.63, 3.8) is 0 Å². The van der Waals surface area contributed by atoms with Gasteiger partial charge in [0.25, 0.3) is 5.91 Å². The molecular formula is C11H14N6O. The van der Waals surface area contributed by atoms with Gasteiger partial charge in [0.05, 0.1) is 17.6 Å². The predicted molar refractivity (Wildman–Crippen MR) is 67.6 cm³/mol. The zero-order valence-electron chi connectivity index (χ0n) is 10.4. The summed E-state index contributed by atoms with van der Waals surface area (Å²) in [7, 11) is 3.78. The number of H-pyrrole nitrogens is 1. The summed E-state index contributed by atoms with van der Waals surface area (Å²) in [6.07, 6.45) is 3.26. The molecule has 7 heteroatoms. The Morgan fingerprint density at radius 1 is 1.44 bits per heavy atom. The molecule has 0 spiro atoms. The van der Waals surface area contributed by atoms with Crippen LogP contribution in [0.2, 0.25) is 0 Å². The molecule has 0 radical (unpaired) electrons. The Morgan fingerprint density at radius 3 is 2.83 bits per heavy atom. The fourth-order valence-electron chi connectivity index (χ4n) is 1.50. The Labute approximate surface area is 104 Å². The van der Waals surface area contributed by atoms with Gasteiger partial charge in [-0.2, -0.15) is 0 Å². The van der Waals surface area contributed by atoms with Crippen LogP contribution in [0, 0.1) is 6.92 Å². The average Bonchev–Trinajstić information content (AvgIpc) is 2.76. The molecule has 2 rings (SSSR count). The fraction of sp³-hybridized carbons (Fsp3) is 0.273. The standard InChI is InChI=1S/C11H14N6O/c1-7-13-10(16-15-7)11(18)14-8-6-12-5-4-9(8)17(2)3/h4-6H,1-3H3,(H,14,18)(H,13,15,16). The molecule has 94 valence electrons. The van der Waals surface area contributed by atoms with E-state index in [9.17, 15) is 4.79 Å². The van der Waals surface area contributed by atoms with Gasteiger partial charge in [-0.3, -0.25) is 14.9 Å². The minimum Gasteiger partial charge on any atom is -0.376 e. The van der Waals surface area contributed by atoms with Crippen molar-refractivity contribution >= 4 is 17.3 Å². The van der Waals surface area contributed by atoms with Gasteiger partial charge in [-0.05, 0) is 13.0 Å². The molecule has 7 nitrogen and oxygen atoms in total. The predicted octanol–water partition coefficient (Wildman–Crippen LogP) is 0.826. The molecular weight excluding hydrogens is 232 g/mol. The summed E-state index contributed by atoms with van der Waals surface area (Å²) >= 11 is 0. The molecule has 0 aliphatic carbocycles. The number of aryl methyl sites for hydroxylation is 1. The number of amides is 1. The van der Waals surface area contributed by atoms with Gasteiger partial charge in [0.2, 0.25) is 5.82 Å². The molecule has 0 bridgehead atoms. The first kappa shape index (κ1) is 12.0. The number of pyridine rings is 1. The molecule has 0 fully saturated rings. The quantitative estimate of drug-likeness (QED) is 0.837. The van der Waals surface area contributed by atoms with Gasteiger partial charge >= 0.3 is 0 Å². The summed E-state index contributed by atoms with van der Waals surface area (Å²) in [6, 6.07) is 1.82. The fourth-order valence-corrected chi connectivity index (χ4v) is 1.50. The lowest BCUT2D eigenvalue weighted by Gasteiger charge is -2.16. The number of anilines is 2. The number of aromatic nitrogens is 4. The van der Waals surface area contributed by atoms with Crippen LogP contribution >= 0.6 is 0 Å². The van der Waals surface area contributed by atoms with Crippen molar-refractivity contribution in [1.82, 2.24) is 20.2 Å². The summed E-state index contributed by atoms with van der Waals surface area (Å²) in [6.45, 7) is 1.74. The molecule has 2 aromatic rings. The minimum absolute atomic E-state index is 0.112. The number of nitrogens with one attached hydrogen (secondary N) is 2. The van der Waals surface area contributed by atoms with Crippen LogP contribution in [0.25, 0.3) is 0 Å². The summed E-state index contributed by atoms with van der Waals surface area (Å²) in [5, 5.41) is 9.16. The number of nitrogens with zero attached hydrogens (tertiary/aromatic N) is 4. The molecule has 0 unspecified atom stereocenters. The van der Waals surface area contributed by atoms with Crippen LogP contribution in [-0.4, -0.2) is 40.2 Å². The summed E-state index contributed by atoms with van der Waals surface area (Å²) in [4.78, 5) is 21.7. The topological polar surface area (TPSA) is 86.8 Å². The SMILES string of the molecule is Cc1nc(C(=O)Nc2cnccc2N(C)C)n[nH]1.